The SMILES string of the molecule is Cc1cccc(NC(=O)N2CCN(c3ccc(N)cc3C(=O)N(C)Cc3ccccc3)CC2)c1. The average Bonchev–Trinajstić information content (AvgIpc) is 2.84. The highest BCUT2D eigenvalue weighted by Gasteiger charge is 2.25. The summed E-state index contributed by atoms with van der Waals surface area (Å²) in [6, 6.07) is 23.0. The molecule has 0 aromatic heterocycles. The van der Waals surface area contributed by atoms with Crippen molar-refractivity contribution >= 4 is 29.0 Å². The molecule has 176 valence electrons. The van der Waals surface area contributed by atoms with Crippen molar-refractivity contribution in [2.24, 2.45) is 0 Å². The van der Waals surface area contributed by atoms with E-state index in [0.29, 0.717) is 44.0 Å². The van der Waals surface area contributed by atoms with Gasteiger partial charge in [0.05, 0.1) is 5.56 Å². The van der Waals surface area contributed by atoms with Gasteiger partial charge in [-0.05, 0) is 48.4 Å². The number of urea groups is 1. The zero-order valence-electron chi connectivity index (χ0n) is 19.7. The summed E-state index contributed by atoms with van der Waals surface area (Å²) in [5, 5.41) is 2.97. The summed E-state index contributed by atoms with van der Waals surface area (Å²) in [4.78, 5) is 31.7. The van der Waals surface area contributed by atoms with E-state index >= 15 is 0 Å². The first kappa shape index (κ1) is 23.2. The smallest absolute Gasteiger partial charge is 0.321 e. The number of piperazine rings is 1. The second-order valence-corrected chi connectivity index (χ2v) is 8.70. The predicted octanol–water partition coefficient (Wildman–Crippen LogP) is 4.20. The predicted molar refractivity (Wildman–Crippen MR) is 137 cm³/mol. The molecule has 1 aliphatic rings. The summed E-state index contributed by atoms with van der Waals surface area (Å²) < 4.78 is 0. The first-order chi connectivity index (χ1) is 16.4. The summed E-state index contributed by atoms with van der Waals surface area (Å²) in [5.74, 6) is -0.0780. The van der Waals surface area contributed by atoms with Crippen LogP contribution in [-0.2, 0) is 6.54 Å². The first-order valence-electron chi connectivity index (χ1n) is 11.5. The van der Waals surface area contributed by atoms with E-state index in [0.717, 1.165) is 22.5 Å². The second-order valence-electron chi connectivity index (χ2n) is 8.70. The van der Waals surface area contributed by atoms with E-state index in [-0.39, 0.29) is 11.9 Å². The summed E-state index contributed by atoms with van der Waals surface area (Å²) in [5.41, 5.74) is 11.0. The van der Waals surface area contributed by atoms with Crippen LogP contribution >= 0.6 is 0 Å². The van der Waals surface area contributed by atoms with Crippen molar-refractivity contribution in [3.05, 3.63) is 89.5 Å². The number of anilines is 3. The minimum Gasteiger partial charge on any atom is -0.399 e. The van der Waals surface area contributed by atoms with Gasteiger partial charge in [-0.2, -0.15) is 0 Å². The van der Waals surface area contributed by atoms with E-state index in [1.54, 1.807) is 22.9 Å². The maximum atomic E-state index is 13.3. The van der Waals surface area contributed by atoms with Crippen LogP contribution in [0.15, 0.2) is 72.8 Å². The zero-order valence-corrected chi connectivity index (χ0v) is 19.7. The molecule has 34 heavy (non-hydrogen) atoms. The van der Waals surface area contributed by atoms with Crippen molar-refractivity contribution in [2.45, 2.75) is 13.5 Å². The summed E-state index contributed by atoms with van der Waals surface area (Å²) in [6.07, 6.45) is 0. The summed E-state index contributed by atoms with van der Waals surface area (Å²) >= 11 is 0. The molecule has 0 aliphatic carbocycles. The number of nitrogens with two attached hydrogens (primary N) is 1. The van der Waals surface area contributed by atoms with Gasteiger partial charge in [0.15, 0.2) is 0 Å². The van der Waals surface area contributed by atoms with Crippen LogP contribution in [0.2, 0.25) is 0 Å². The molecule has 0 spiro atoms. The van der Waals surface area contributed by atoms with Crippen molar-refractivity contribution in [3.63, 3.8) is 0 Å². The summed E-state index contributed by atoms with van der Waals surface area (Å²) in [7, 11) is 1.80. The number of nitrogen functional groups attached to an aromatic ring is 1. The number of carbonyl (C=O) groups excluding carboxylic acids is 2. The summed E-state index contributed by atoms with van der Waals surface area (Å²) in [6.45, 7) is 4.91. The maximum Gasteiger partial charge on any atom is 0.321 e. The largest absolute Gasteiger partial charge is 0.399 e. The van der Waals surface area contributed by atoms with Crippen molar-refractivity contribution < 1.29 is 9.59 Å². The van der Waals surface area contributed by atoms with Gasteiger partial charge in [-0.3, -0.25) is 4.79 Å². The molecule has 1 aliphatic heterocycles. The standard InChI is InChI=1S/C27H31N5O2/c1-20-7-6-10-23(17-20)29-27(34)32-15-13-31(14-16-32)25-12-11-22(28)18-24(25)26(33)30(2)19-21-8-4-3-5-9-21/h3-12,17-18H,13-16,19,28H2,1-2H3,(H,29,34). The van der Waals surface area contributed by atoms with Crippen LogP contribution in [0.25, 0.3) is 0 Å². The highest BCUT2D eigenvalue weighted by atomic mass is 16.2. The molecular weight excluding hydrogens is 426 g/mol. The lowest BCUT2D eigenvalue weighted by atomic mass is 10.1. The van der Waals surface area contributed by atoms with Crippen LogP contribution in [-0.4, -0.2) is 55.0 Å². The van der Waals surface area contributed by atoms with Crippen LogP contribution in [0, 0.1) is 6.92 Å². The molecule has 0 unspecified atom stereocenters. The Morgan fingerprint density at radius 1 is 0.941 bits per heavy atom. The van der Waals surface area contributed by atoms with Crippen molar-refractivity contribution in [3.8, 4) is 0 Å². The maximum absolute atomic E-state index is 13.3. The molecule has 4 rings (SSSR count). The van der Waals surface area contributed by atoms with E-state index in [1.165, 1.54) is 0 Å². The van der Waals surface area contributed by atoms with E-state index in [2.05, 4.69) is 10.2 Å². The lowest BCUT2D eigenvalue weighted by molar-refractivity contribution is 0.0785. The normalized spacial score (nSPS) is 13.5. The second kappa shape index (κ2) is 10.3. The van der Waals surface area contributed by atoms with E-state index in [4.69, 9.17) is 5.73 Å². The number of benzene rings is 3. The number of amides is 3. The molecule has 7 nitrogen and oxygen atoms in total. The Labute approximate surface area is 200 Å². The van der Waals surface area contributed by atoms with E-state index < -0.39 is 0 Å². The molecule has 3 aromatic carbocycles. The van der Waals surface area contributed by atoms with Gasteiger partial charge >= 0.3 is 6.03 Å². The number of rotatable bonds is 5. The Bertz CT molecular complexity index is 1160. The molecule has 1 fully saturated rings. The third-order valence-corrected chi connectivity index (χ3v) is 6.04. The quantitative estimate of drug-likeness (QED) is 0.563. The molecule has 0 bridgehead atoms. The molecule has 1 saturated heterocycles. The van der Waals surface area contributed by atoms with Crippen LogP contribution in [0.4, 0.5) is 21.9 Å². The number of hydrogen-bond acceptors (Lipinski definition) is 4. The Balaban J connectivity index is 1.43. The fourth-order valence-electron chi connectivity index (χ4n) is 4.21. The molecule has 7 heteroatoms. The van der Waals surface area contributed by atoms with E-state index in [9.17, 15) is 9.59 Å². The van der Waals surface area contributed by atoms with Gasteiger partial charge in [-0.25, -0.2) is 4.79 Å². The molecule has 3 N–H and O–H groups in total. The molecule has 0 atom stereocenters. The lowest BCUT2D eigenvalue weighted by Crippen LogP contribution is -2.50. The number of aryl methyl sites for hydroxylation is 1. The lowest BCUT2D eigenvalue weighted by Gasteiger charge is -2.37. The van der Waals surface area contributed by atoms with Crippen LogP contribution in [0.3, 0.4) is 0 Å². The Morgan fingerprint density at radius 2 is 1.68 bits per heavy atom. The fourth-order valence-corrected chi connectivity index (χ4v) is 4.21. The molecule has 0 saturated carbocycles. The number of hydrogen-bond donors (Lipinski definition) is 2. The zero-order chi connectivity index (χ0) is 24.1. The highest BCUT2D eigenvalue weighted by Crippen LogP contribution is 2.26. The third kappa shape index (κ3) is 5.49. The molecule has 3 amide bonds. The van der Waals surface area contributed by atoms with Crippen molar-refractivity contribution in [2.75, 3.05) is 49.2 Å². The topological polar surface area (TPSA) is 81.9 Å². The molecule has 3 aromatic rings. The highest BCUT2D eigenvalue weighted by molar-refractivity contribution is 6.00. The Hall–Kier alpha value is -4.00. The van der Waals surface area contributed by atoms with Gasteiger partial charge in [0.1, 0.15) is 0 Å². The fraction of sp³-hybridized carbons (Fsp3) is 0.259. The average molecular weight is 458 g/mol. The van der Waals surface area contributed by atoms with Crippen LogP contribution in [0.5, 0.6) is 0 Å². The number of carbonyl (C=O) groups is 2. The first-order valence-corrected chi connectivity index (χ1v) is 11.5. The van der Waals surface area contributed by atoms with Gasteiger partial charge in [0.25, 0.3) is 5.91 Å². The molecular formula is C27H31N5O2. The van der Waals surface area contributed by atoms with E-state index in [1.807, 2.05) is 73.7 Å². The van der Waals surface area contributed by atoms with Gasteiger partial charge in [0, 0.05) is 56.8 Å². The van der Waals surface area contributed by atoms with Crippen LogP contribution in [0.1, 0.15) is 21.5 Å². The van der Waals surface area contributed by atoms with Crippen LogP contribution < -0.4 is 16.0 Å². The number of nitrogens with zero attached hydrogens (tertiary/aromatic N) is 3. The third-order valence-electron chi connectivity index (χ3n) is 6.04. The Morgan fingerprint density at radius 3 is 2.38 bits per heavy atom. The van der Waals surface area contributed by atoms with Gasteiger partial charge < -0.3 is 25.8 Å². The minimum absolute atomic E-state index is 0.0780. The Kier molecular flexibility index (Phi) is 7.01. The van der Waals surface area contributed by atoms with Crippen molar-refractivity contribution in [1.29, 1.82) is 0 Å². The monoisotopic (exact) mass is 457 g/mol. The van der Waals surface area contributed by atoms with Gasteiger partial charge in [-0.15, -0.1) is 0 Å². The van der Waals surface area contributed by atoms with Gasteiger partial charge in [-0.1, -0.05) is 42.5 Å². The van der Waals surface area contributed by atoms with Crippen molar-refractivity contribution in [1.82, 2.24) is 9.80 Å². The minimum atomic E-state index is -0.110. The molecule has 1 heterocycles. The van der Waals surface area contributed by atoms with Gasteiger partial charge in [0.2, 0.25) is 0 Å². The molecule has 0 radical (unpaired) electrons. The number of nitrogens with one attached hydrogen (secondary N) is 1.